The summed E-state index contributed by atoms with van der Waals surface area (Å²) >= 11 is 1.89. The molecule has 4 aliphatic heterocycles. The fraction of sp³-hybridized carbons (Fsp3) is 0.143. The van der Waals surface area contributed by atoms with E-state index in [-0.39, 0.29) is 10.8 Å². The topological polar surface area (TPSA) is 12.5 Å². The van der Waals surface area contributed by atoms with E-state index in [9.17, 15) is 0 Å². The molecule has 0 fully saturated rings. The maximum absolute atomic E-state index is 6.83. The Morgan fingerprint density at radius 3 is 1.63 bits per heavy atom. The zero-order chi connectivity index (χ0) is 45.2. The Labute approximate surface area is 397 Å². The zero-order valence-electron chi connectivity index (χ0n) is 38.7. The Bertz CT molecular complexity index is 3680. The number of ether oxygens (including phenoxy) is 1. The van der Waals surface area contributed by atoms with Crippen molar-refractivity contribution < 1.29 is 4.74 Å². The second-order valence-electron chi connectivity index (χ2n) is 21.2. The number of anilines is 3. The molecule has 2 nitrogen and oxygen atoms in total. The Hall–Kier alpha value is -6.98. The first kappa shape index (κ1) is 39.2. The summed E-state index contributed by atoms with van der Waals surface area (Å²) in [5, 5.41) is 8.60. The molecule has 0 atom stereocenters. The van der Waals surface area contributed by atoms with Gasteiger partial charge < -0.3 is 9.64 Å². The standard InChI is InChI=1S/C63H49NOSSi/c1-61(2,3)38-27-30-43-44-31-28-39(62(4,5)6)34-59(44)67(58(43)33-38)57-26-16-8-18-42(57)45-32-29-40(35-60(45)67)64-51-22-12-9-19-47(51)63(48-20-10-13-23-53(48)65-54-24-14-11-21-49(54)63)50-36-46-41-17-7-15-25-55(41)66-56(46)37-52(50)64/h7-37H,1-6H3. The van der Waals surface area contributed by atoms with Gasteiger partial charge in [-0.15, -0.1) is 11.3 Å². The summed E-state index contributed by atoms with van der Waals surface area (Å²) in [6.07, 6.45) is 0. The summed E-state index contributed by atoms with van der Waals surface area (Å²) in [4.78, 5) is 2.61. The molecular weight excluding hydrogens is 847 g/mol. The van der Waals surface area contributed by atoms with E-state index in [1.807, 2.05) is 11.3 Å². The summed E-state index contributed by atoms with van der Waals surface area (Å²) in [7, 11) is -2.89. The van der Waals surface area contributed by atoms with Crippen LogP contribution in [0.2, 0.25) is 0 Å². The van der Waals surface area contributed by atoms with Gasteiger partial charge in [0.05, 0.1) is 16.8 Å². The van der Waals surface area contributed by atoms with Crippen LogP contribution in [0.15, 0.2) is 188 Å². The van der Waals surface area contributed by atoms with Gasteiger partial charge in [-0.2, -0.15) is 0 Å². The summed E-state index contributed by atoms with van der Waals surface area (Å²) in [6.45, 7) is 14.2. The molecule has 0 N–H and O–H groups in total. The minimum atomic E-state index is -2.89. The third-order valence-corrected chi connectivity index (χ3v) is 21.7. The van der Waals surface area contributed by atoms with Gasteiger partial charge in [0.2, 0.25) is 0 Å². The lowest BCUT2D eigenvalue weighted by Crippen LogP contribution is -2.71. The molecule has 10 aromatic rings. The molecule has 14 rings (SSSR count). The van der Waals surface area contributed by atoms with Crippen LogP contribution >= 0.6 is 11.3 Å². The van der Waals surface area contributed by atoms with Crippen molar-refractivity contribution in [1.29, 1.82) is 0 Å². The highest BCUT2D eigenvalue weighted by Gasteiger charge is 2.56. The van der Waals surface area contributed by atoms with E-state index >= 15 is 0 Å². The first-order chi connectivity index (χ1) is 32.5. The predicted octanol–water partition coefficient (Wildman–Crippen LogP) is 14.3. The SMILES string of the molecule is CC(C)(C)c1ccc2c(c1)[Si]1(c3ccccc3-c3ccc(N4c5ccccc5C5(c6ccccc6Oc6ccccc65)c5cc6c(cc54)sc4ccccc46)cc31)c1cc(C(C)(C)C)ccc1-2. The van der Waals surface area contributed by atoms with Crippen LogP contribution in [-0.4, -0.2) is 8.07 Å². The van der Waals surface area contributed by atoms with Gasteiger partial charge in [0.15, 0.2) is 8.07 Å². The number of benzene rings is 9. The van der Waals surface area contributed by atoms with Crippen LogP contribution in [0.1, 0.15) is 74.9 Å². The fourth-order valence-electron chi connectivity index (χ4n) is 12.6. The van der Waals surface area contributed by atoms with Crippen molar-refractivity contribution in [1.82, 2.24) is 0 Å². The highest BCUT2D eigenvalue weighted by Crippen LogP contribution is 2.63. The number of rotatable bonds is 1. The molecule has 322 valence electrons. The van der Waals surface area contributed by atoms with Crippen LogP contribution in [0.5, 0.6) is 11.5 Å². The van der Waals surface area contributed by atoms with Gasteiger partial charge >= 0.3 is 0 Å². The first-order valence-corrected chi connectivity index (χ1v) is 26.6. The largest absolute Gasteiger partial charge is 0.457 e. The molecule has 0 bridgehead atoms. The lowest BCUT2D eigenvalue weighted by atomic mass is 9.61. The first-order valence-electron chi connectivity index (χ1n) is 23.7. The Morgan fingerprint density at radius 1 is 0.418 bits per heavy atom. The highest BCUT2D eigenvalue weighted by molar-refractivity contribution is 7.26. The Balaban J connectivity index is 1.11. The molecule has 0 radical (unpaired) electrons. The fourth-order valence-corrected chi connectivity index (χ4v) is 19.4. The molecule has 0 unspecified atom stereocenters. The van der Waals surface area contributed by atoms with Crippen LogP contribution in [-0.2, 0) is 16.2 Å². The maximum Gasteiger partial charge on any atom is 0.182 e. The average molecular weight is 896 g/mol. The van der Waals surface area contributed by atoms with Crippen LogP contribution in [0.3, 0.4) is 0 Å². The summed E-state index contributed by atoms with van der Waals surface area (Å²) in [5.74, 6) is 1.80. The smallest absolute Gasteiger partial charge is 0.182 e. The van der Waals surface area contributed by atoms with Crippen LogP contribution < -0.4 is 30.4 Å². The summed E-state index contributed by atoms with van der Waals surface area (Å²) in [5.41, 5.74) is 16.1. The summed E-state index contributed by atoms with van der Waals surface area (Å²) in [6, 6.07) is 72.5. The van der Waals surface area contributed by atoms with E-state index in [4.69, 9.17) is 4.74 Å². The molecule has 1 aromatic heterocycles. The molecule has 9 aromatic carbocycles. The highest BCUT2D eigenvalue weighted by atomic mass is 32.1. The molecule has 67 heavy (non-hydrogen) atoms. The quantitative estimate of drug-likeness (QED) is 0.152. The van der Waals surface area contributed by atoms with Crippen LogP contribution in [0, 0.1) is 0 Å². The molecule has 4 aliphatic rings. The molecule has 0 saturated heterocycles. The number of para-hydroxylation sites is 3. The Morgan fingerprint density at radius 2 is 0.955 bits per heavy atom. The maximum atomic E-state index is 6.83. The van der Waals surface area contributed by atoms with E-state index in [0.29, 0.717) is 0 Å². The van der Waals surface area contributed by atoms with Crippen molar-refractivity contribution in [3.63, 3.8) is 0 Å². The lowest BCUT2D eigenvalue weighted by molar-refractivity contribution is 0.434. The third kappa shape index (κ3) is 5.04. The van der Waals surface area contributed by atoms with Crippen molar-refractivity contribution in [2.24, 2.45) is 0 Å². The molecule has 5 heterocycles. The second-order valence-corrected chi connectivity index (χ2v) is 25.9. The van der Waals surface area contributed by atoms with Gasteiger partial charge in [0.1, 0.15) is 11.5 Å². The van der Waals surface area contributed by atoms with E-state index in [1.54, 1.807) is 0 Å². The van der Waals surface area contributed by atoms with Crippen molar-refractivity contribution in [2.45, 2.75) is 57.8 Å². The van der Waals surface area contributed by atoms with Gasteiger partial charge in [-0.3, -0.25) is 0 Å². The molecular formula is C63H49NOSSi. The van der Waals surface area contributed by atoms with Crippen molar-refractivity contribution in [3.05, 3.63) is 221 Å². The van der Waals surface area contributed by atoms with Crippen LogP contribution in [0.25, 0.3) is 42.4 Å². The normalized spacial score (nSPS) is 15.3. The van der Waals surface area contributed by atoms with Gasteiger partial charge in [0, 0.05) is 37.0 Å². The van der Waals surface area contributed by atoms with Gasteiger partial charge in [-0.1, -0.05) is 181 Å². The van der Waals surface area contributed by atoms with Gasteiger partial charge in [0.25, 0.3) is 0 Å². The minimum absolute atomic E-state index is 0.00469. The van der Waals surface area contributed by atoms with E-state index < -0.39 is 13.5 Å². The number of hydrogen-bond donors (Lipinski definition) is 0. The van der Waals surface area contributed by atoms with Gasteiger partial charge in [-0.05, 0) is 125 Å². The third-order valence-electron chi connectivity index (χ3n) is 15.6. The average Bonchev–Trinajstić information content (AvgIpc) is 3.95. The number of fused-ring (bicyclic) bond motifs is 21. The summed E-state index contributed by atoms with van der Waals surface area (Å²) < 4.78 is 9.42. The van der Waals surface area contributed by atoms with Crippen molar-refractivity contribution in [2.75, 3.05) is 4.90 Å². The van der Waals surface area contributed by atoms with E-state index in [1.165, 1.54) is 114 Å². The van der Waals surface area contributed by atoms with E-state index in [2.05, 4.69) is 234 Å². The minimum Gasteiger partial charge on any atom is -0.457 e. The second kappa shape index (κ2) is 13.3. The molecule has 2 spiro atoms. The lowest BCUT2D eigenvalue weighted by Gasteiger charge is -2.48. The number of hydrogen-bond acceptors (Lipinski definition) is 3. The molecule has 4 heteroatoms. The molecule has 0 saturated carbocycles. The van der Waals surface area contributed by atoms with Crippen molar-refractivity contribution >= 4 is 77.4 Å². The zero-order valence-corrected chi connectivity index (χ0v) is 40.5. The van der Waals surface area contributed by atoms with Crippen molar-refractivity contribution in [3.8, 4) is 33.8 Å². The Kier molecular flexibility index (Phi) is 7.81. The number of nitrogens with zero attached hydrogens (tertiary/aromatic N) is 1. The van der Waals surface area contributed by atoms with E-state index in [0.717, 1.165) is 11.5 Å². The van der Waals surface area contributed by atoms with Crippen LogP contribution in [0.4, 0.5) is 17.1 Å². The predicted molar refractivity (Wildman–Crippen MR) is 285 cm³/mol. The molecule has 0 amide bonds. The van der Waals surface area contributed by atoms with Gasteiger partial charge in [-0.25, -0.2) is 0 Å². The molecule has 0 aliphatic carbocycles. The monoisotopic (exact) mass is 895 g/mol. The number of thiophene rings is 1.